The molecule has 1 aromatic heterocycles. The molecular weight excluding hydrogens is 1640 g/mol. The number of benzene rings is 2. The molecule has 660 valence electrons. The van der Waals surface area contributed by atoms with Gasteiger partial charge < -0.3 is 110 Å². The van der Waals surface area contributed by atoms with Gasteiger partial charge in [0.1, 0.15) is 55.6 Å². The third-order valence-electron chi connectivity index (χ3n) is 19.5. The summed E-state index contributed by atoms with van der Waals surface area (Å²) in [6.07, 6.45) is -2.55. The van der Waals surface area contributed by atoms with E-state index in [4.69, 9.17) is 25.7 Å². The minimum Gasteiger partial charge on any atom is -0.481 e. The number of fused-ring (bicyclic) bond motifs is 1. The summed E-state index contributed by atoms with van der Waals surface area (Å²) in [7, 11) is 0. The van der Waals surface area contributed by atoms with Gasteiger partial charge in [-0.1, -0.05) is 74.4 Å². The van der Waals surface area contributed by atoms with Gasteiger partial charge in [0.2, 0.25) is 65.0 Å². The Morgan fingerprint density at radius 2 is 1.30 bits per heavy atom. The maximum absolute atomic E-state index is 15.1. The Morgan fingerprint density at radius 1 is 0.667 bits per heavy atom. The van der Waals surface area contributed by atoms with E-state index in [0.717, 1.165) is 46.0 Å². The number of amides is 11. The molecule has 20 N–H and O–H groups in total. The van der Waals surface area contributed by atoms with Crippen LogP contribution in [0.1, 0.15) is 165 Å². The highest BCUT2D eigenvalue weighted by atomic mass is 79.9. The summed E-state index contributed by atoms with van der Waals surface area (Å²) in [6, 6.07) is -5.80. The number of carboxylic acid groups (broad SMARTS) is 2. The maximum atomic E-state index is 15.1. The molecule has 0 aliphatic carbocycles. The highest BCUT2D eigenvalue weighted by Gasteiger charge is 2.41. The average Bonchev–Trinajstić information content (AvgIpc) is 1.63. The SMILES string of the molecule is CCCCCCCCCC(=O)N[C@@H](Cc1c[nH]c2ccc(CO)cc12)C(=O)N[C@H](CC(N)=O)C(=O)C[C@@H](CC(=O)O)C(=O)N[C@@H]1C(=O)NCC(=O)N[C@@H](CCCN)C(=O)C[C@@H](COC=O)C(=O)N[C@H](C)C(=O)N[C@@H](COC=O)C(=O)NCC(=O)N[C@H](CO)C(=O)C[C@@H]([C@H](C)CC(=O)O)C(=O)N[C@@H](CC(=O)c2cc(Br)ccc2NCC)C(=O)O[C@@H]1C. The van der Waals surface area contributed by atoms with Crippen molar-refractivity contribution in [3.8, 4) is 0 Å². The second-order valence-corrected chi connectivity index (χ2v) is 29.9. The van der Waals surface area contributed by atoms with Crippen molar-refractivity contribution < 1.29 is 131 Å². The van der Waals surface area contributed by atoms with Crippen LogP contribution in [0.3, 0.4) is 0 Å². The van der Waals surface area contributed by atoms with E-state index < -0.39 is 262 Å². The molecule has 41 nitrogen and oxygen atoms in total. The number of unbranched alkanes of at least 4 members (excludes halogenated alkanes) is 6. The molecule has 0 bridgehead atoms. The van der Waals surface area contributed by atoms with Crippen molar-refractivity contribution in [1.29, 1.82) is 0 Å². The van der Waals surface area contributed by atoms with Crippen LogP contribution in [0.25, 0.3) is 10.9 Å². The molecule has 42 heteroatoms. The molecule has 3 aromatic rings. The van der Waals surface area contributed by atoms with Crippen LogP contribution in [0.15, 0.2) is 47.1 Å². The van der Waals surface area contributed by atoms with E-state index in [0.29, 0.717) is 39.3 Å². The number of nitrogens with one attached hydrogen (secondary N) is 12. The fourth-order valence-electron chi connectivity index (χ4n) is 12.9. The number of nitrogens with two attached hydrogens (primary N) is 2. The number of carboxylic acids is 2. The van der Waals surface area contributed by atoms with E-state index in [-0.39, 0.29) is 69.6 Å². The predicted molar refractivity (Wildman–Crippen MR) is 427 cm³/mol. The molecule has 1 saturated heterocycles. The molecule has 1 aliphatic rings. The number of ether oxygens (including phenoxy) is 3. The number of primary amides is 1. The van der Waals surface area contributed by atoms with E-state index in [1.165, 1.54) is 19.1 Å². The number of aliphatic carboxylic acids is 2. The number of aromatic nitrogens is 1. The maximum Gasteiger partial charge on any atom is 0.329 e. The Labute approximate surface area is 698 Å². The first-order valence-corrected chi connectivity index (χ1v) is 39.9. The Balaban J connectivity index is 1.92. The monoisotopic (exact) mass is 1750 g/mol. The van der Waals surface area contributed by atoms with E-state index in [1.54, 1.807) is 37.4 Å². The topological polar surface area (TPSA) is 650 Å². The number of ketones is 4. The van der Waals surface area contributed by atoms with Gasteiger partial charge in [0.25, 0.3) is 12.9 Å². The van der Waals surface area contributed by atoms with Gasteiger partial charge in [0.05, 0.1) is 63.1 Å². The number of Topliss-reactive ketones (excluding diaryl/α,β-unsaturated/α-hetero) is 4. The molecule has 0 saturated carbocycles. The normalized spacial score (nSPS) is 20.9. The Bertz CT molecular complexity index is 4140. The van der Waals surface area contributed by atoms with Crippen molar-refractivity contribution in [2.75, 3.05) is 51.3 Å². The number of carbonyl (C=O) groups is 20. The number of hydrogen-bond acceptors (Lipinski definition) is 27. The van der Waals surface area contributed by atoms with E-state index in [9.17, 15) is 112 Å². The van der Waals surface area contributed by atoms with Gasteiger partial charge in [0, 0.05) is 90.2 Å². The van der Waals surface area contributed by atoms with Crippen LogP contribution in [0.2, 0.25) is 0 Å². The van der Waals surface area contributed by atoms with Crippen LogP contribution >= 0.6 is 15.9 Å². The molecule has 120 heavy (non-hydrogen) atoms. The molecule has 1 aliphatic heterocycles. The summed E-state index contributed by atoms with van der Waals surface area (Å²) in [5.74, 6) is -29.4. The third kappa shape index (κ3) is 34.4. The first-order chi connectivity index (χ1) is 57.0. The number of aliphatic hydroxyl groups is 2. The molecule has 0 radical (unpaired) electrons. The number of esters is 1. The Hall–Kier alpha value is -11.7. The molecule has 0 unspecified atom stereocenters. The van der Waals surface area contributed by atoms with Crippen molar-refractivity contribution in [3.63, 3.8) is 0 Å². The van der Waals surface area contributed by atoms with Crippen molar-refractivity contribution in [2.45, 2.75) is 211 Å². The first-order valence-electron chi connectivity index (χ1n) is 39.2. The Morgan fingerprint density at radius 3 is 1.93 bits per heavy atom. The zero-order valence-electron chi connectivity index (χ0n) is 67.3. The van der Waals surface area contributed by atoms with Gasteiger partial charge in [-0.05, 0) is 94.0 Å². The van der Waals surface area contributed by atoms with Gasteiger partial charge in [-0.2, -0.15) is 0 Å². The fourth-order valence-corrected chi connectivity index (χ4v) is 13.3. The van der Waals surface area contributed by atoms with Gasteiger partial charge in [-0.15, -0.1) is 0 Å². The van der Waals surface area contributed by atoms with Gasteiger partial charge in [0.15, 0.2) is 23.1 Å². The number of rotatable bonds is 41. The molecule has 4 rings (SSSR count). The number of aromatic amines is 1. The lowest BCUT2D eigenvalue weighted by molar-refractivity contribution is -0.156. The average molecular weight is 1750 g/mol. The van der Waals surface area contributed by atoms with Crippen LogP contribution in [0.5, 0.6) is 0 Å². The summed E-state index contributed by atoms with van der Waals surface area (Å²) < 4.78 is 15.7. The summed E-state index contributed by atoms with van der Waals surface area (Å²) in [5, 5.41) is 67.3. The number of cyclic esters (lactones) is 1. The number of H-pyrrole nitrogens is 1. The molecule has 2 heterocycles. The number of anilines is 1. The van der Waals surface area contributed by atoms with Crippen LogP contribution in [0, 0.1) is 23.7 Å². The fraction of sp³-hybridized carbons (Fsp3) is 0.564. The highest BCUT2D eigenvalue weighted by molar-refractivity contribution is 9.10. The Kier molecular flexibility index (Phi) is 43.9. The number of carbonyl (C=O) groups excluding carboxylic acids is 18. The van der Waals surface area contributed by atoms with Crippen molar-refractivity contribution in [3.05, 3.63) is 63.8 Å². The van der Waals surface area contributed by atoms with Crippen molar-refractivity contribution >= 4 is 151 Å². The van der Waals surface area contributed by atoms with E-state index in [2.05, 4.69) is 86.3 Å². The van der Waals surface area contributed by atoms with Gasteiger partial charge in [-0.3, -0.25) is 91.1 Å². The molecule has 2 aromatic carbocycles. The summed E-state index contributed by atoms with van der Waals surface area (Å²) in [5.41, 5.74) is 13.0. The number of aliphatic hydroxyl groups excluding tert-OH is 2. The van der Waals surface area contributed by atoms with Gasteiger partial charge in [-0.25, -0.2) is 4.79 Å². The van der Waals surface area contributed by atoms with Crippen molar-refractivity contribution in [2.24, 2.45) is 35.1 Å². The molecule has 13 atom stereocenters. The van der Waals surface area contributed by atoms with Crippen LogP contribution < -0.4 is 70.0 Å². The quantitative estimate of drug-likeness (QED) is 0.00975. The smallest absolute Gasteiger partial charge is 0.329 e. The lowest BCUT2D eigenvalue weighted by Crippen LogP contribution is -2.57. The first kappa shape index (κ1) is 101. The summed E-state index contributed by atoms with van der Waals surface area (Å²) in [4.78, 5) is 278. The second kappa shape index (κ2) is 52.3. The molecule has 0 spiro atoms. The number of hydrogen-bond donors (Lipinski definition) is 18. The lowest BCUT2D eigenvalue weighted by Gasteiger charge is -2.29. The largest absolute Gasteiger partial charge is 0.481 e. The van der Waals surface area contributed by atoms with E-state index >= 15 is 4.79 Å². The molecule has 1 fully saturated rings. The third-order valence-corrected chi connectivity index (χ3v) is 19.9. The lowest BCUT2D eigenvalue weighted by atomic mass is 9.84. The standard InChI is InChI=1S/C78H109BrN14O27/c1-6-8-9-10-11-12-13-16-65(103)88-56(24-46-32-83-52-19-17-44(35-94)23-50(46)52)76(115)90-55(31-64(81)102)62(100)25-45(27-69(108)109)72(111)93-70-43(5)120-78(117)57(30-60(98)51-28-48(79)18-20-53(51)82-7-2)91-74(113)49(41(3)22-68(106)107)29-63(101)58(36-95)89-67(105)33-84-75(114)59(38-119-40-97)92-71(110)42(4)86-73(112)47(37-118-39-96)26-61(99)54(15-14-21-80)87-66(104)34-85-77(70)116/h17-20,23,28,32,39-43,45,47,49,54-59,70,82-83,94-95H,6-16,21-22,24-27,29-31,33-38,80H2,1-5H3,(H2,81,102)(H,84,114)(H,85,116)(H,86,112)(H,87,104)(H,88,103)(H,89,105)(H,90,115)(H,91,113)(H,92,110)(H,93,111)(H,106,107)(H,108,109)/t41-,42-,43-,45+,47+,49+,54+,55-,56+,57+,58-,59+,70+/m1/s1. The molecule has 11 amide bonds. The zero-order chi connectivity index (χ0) is 89.3. The van der Waals surface area contributed by atoms with E-state index in [1.807, 2.05) is 0 Å². The van der Waals surface area contributed by atoms with Crippen LogP contribution in [0.4, 0.5) is 5.69 Å². The van der Waals surface area contributed by atoms with Gasteiger partial charge >= 0.3 is 17.9 Å². The van der Waals surface area contributed by atoms with Crippen LogP contribution in [-0.4, -0.2) is 245 Å². The minimum absolute atomic E-state index is 0.00476. The molecular formula is C78H109BrN14O27. The summed E-state index contributed by atoms with van der Waals surface area (Å²) >= 11 is 3.30. The predicted octanol–water partition coefficient (Wildman–Crippen LogP) is -1.85. The highest BCUT2D eigenvalue weighted by Crippen LogP contribution is 2.27. The van der Waals surface area contributed by atoms with Crippen LogP contribution in [-0.2, 0) is 118 Å². The zero-order valence-corrected chi connectivity index (χ0v) is 68.9. The summed E-state index contributed by atoms with van der Waals surface area (Å²) in [6.45, 7) is 1.38. The minimum atomic E-state index is -2.38. The number of halogens is 1. The van der Waals surface area contributed by atoms with Crippen molar-refractivity contribution in [1.82, 2.24) is 58.2 Å². The second-order valence-electron chi connectivity index (χ2n) is 28.9.